The quantitative estimate of drug-likeness (QED) is 0.852. The van der Waals surface area contributed by atoms with Crippen LogP contribution >= 0.6 is 0 Å². The van der Waals surface area contributed by atoms with Gasteiger partial charge in [0.1, 0.15) is 11.6 Å². The van der Waals surface area contributed by atoms with E-state index in [1.807, 2.05) is 13.8 Å². The number of halogens is 2. The molecule has 0 aromatic heterocycles. The maximum Gasteiger partial charge on any atom is 0.126 e. The third-order valence-electron chi connectivity index (χ3n) is 3.19. The normalized spacial score (nSPS) is 12.9. The Bertz CT molecular complexity index is 377. The molecule has 1 rings (SSSR count). The summed E-state index contributed by atoms with van der Waals surface area (Å²) in [6.45, 7) is 7.34. The zero-order valence-corrected chi connectivity index (χ0v) is 10.6. The van der Waals surface area contributed by atoms with Gasteiger partial charge in [-0.15, -0.1) is 0 Å². The van der Waals surface area contributed by atoms with Crippen molar-refractivity contribution in [3.8, 4) is 0 Å². The van der Waals surface area contributed by atoms with E-state index in [-0.39, 0.29) is 0 Å². The van der Waals surface area contributed by atoms with Crippen LogP contribution in [0, 0.1) is 11.6 Å². The second kappa shape index (κ2) is 4.70. The number of hydrogen-bond donors (Lipinski definition) is 2. The highest BCUT2D eigenvalue weighted by Gasteiger charge is 2.34. The summed E-state index contributed by atoms with van der Waals surface area (Å²) in [4.78, 5) is 0. The molecule has 1 aromatic rings. The number of rotatable bonds is 4. The molecular formula is C13H19F2NO. The molecule has 17 heavy (non-hydrogen) atoms. The van der Waals surface area contributed by atoms with E-state index in [1.54, 1.807) is 13.8 Å². The molecule has 0 radical (unpaired) electrons. The van der Waals surface area contributed by atoms with Gasteiger partial charge in [0.2, 0.25) is 0 Å². The lowest BCUT2D eigenvalue weighted by Gasteiger charge is -2.38. The molecule has 0 atom stereocenters. The van der Waals surface area contributed by atoms with Crippen molar-refractivity contribution in [1.29, 1.82) is 0 Å². The van der Waals surface area contributed by atoms with E-state index in [0.29, 0.717) is 12.1 Å². The van der Waals surface area contributed by atoms with Gasteiger partial charge >= 0.3 is 0 Å². The van der Waals surface area contributed by atoms with Crippen molar-refractivity contribution in [1.82, 2.24) is 5.32 Å². The minimum Gasteiger partial charge on any atom is -0.389 e. The average molecular weight is 243 g/mol. The Morgan fingerprint density at radius 2 is 1.53 bits per heavy atom. The summed E-state index contributed by atoms with van der Waals surface area (Å²) in [5, 5.41) is 13.0. The van der Waals surface area contributed by atoms with Crippen LogP contribution in [-0.4, -0.2) is 16.2 Å². The Hall–Kier alpha value is -1.00. The first-order chi connectivity index (χ1) is 7.62. The van der Waals surface area contributed by atoms with E-state index >= 15 is 0 Å². The highest BCUT2D eigenvalue weighted by molar-refractivity contribution is 5.18. The molecule has 0 unspecified atom stereocenters. The van der Waals surface area contributed by atoms with Crippen molar-refractivity contribution in [2.24, 2.45) is 0 Å². The van der Waals surface area contributed by atoms with E-state index in [0.717, 1.165) is 6.07 Å². The topological polar surface area (TPSA) is 32.3 Å². The van der Waals surface area contributed by atoms with Gasteiger partial charge in [0, 0.05) is 18.2 Å². The molecule has 0 heterocycles. The van der Waals surface area contributed by atoms with Crippen LogP contribution < -0.4 is 5.32 Å². The van der Waals surface area contributed by atoms with Crippen LogP contribution in [0.3, 0.4) is 0 Å². The minimum absolute atomic E-state index is 0.297. The summed E-state index contributed by atoms with van der Waals surface area (Å²) in [7, 11) is 0. The Morgan fingerprint density at radius 3 is 1.94 bits per heavy atom. The molecule has 0 amide bonds. The lowest BCUT2D eigenvalue weighted by atomic mass is 9.86. The summed E-state index contributed by atoms with van der Waals surface area (Å²) in [6.07, 6.45) is 0. The van der Waals surface area contributed by atoms with Crippen LogP contribution in [0.5, 0.6) is 0 Å². The Labute approximate surface area is 101 Å². The predicted molar refractivity (Wildman–Crippen MR) is 63.6 cm³/mol. The van der Waals surface area contributed by atoms with Gasteiger partial charge in [0.15, 0.2) is 0 Å². The van der Waals surface area contributed by atoms with E-state index in [1.165, 1.54) is 12.1 Å². The van der Waals surface area contributed by atoms with Crippen molar-refractivity contribution < 1.29 is 13.9 Å². The van der Waals surface area contributed by atoms with Crippen LogP contribution in [0.1, 0.15) is 33.3 Å². The van der Waals surface area contributed by atoms with Gasteiger partial charge in [-0.3, -0.25) is 0 Å². The number of hydrogen-bond acceptors (Lipinski definition) is 2. The maximum atomic E-state index is 13.0. The van der Waals surface area contributed by atoms with Gasteiger partial charge in [-0.1, -0.05) is 0 Å². The van der Waals surface area contributed by atoms with E-state index in [9.17, 15) is 13.9 Å². The second-order valence-corrected chi connectivity index (χ2v) is 5.32. The van der Waals surface area contributed by atoms with Crippen LogP contribution in [-0.2, 0) is 6.54 Å². The maximum absolute atomic E-state index is 13.0. The first kappa shape index (κ1) is 14.1. The van der Waals surface area contributed by atoms with Crippen molar-refractivity contribution in [2.45, 2.75) is 45.4 Å². The van der Waals surface area contributed by atoms with Crippen molar-refractivity contribution >= 4 is 0 Å². The Balaban J connectivity index is 2.74. The molecule has 0 fully saturated rings. The van der Waals surface area contributed by atoms with Gasteiger partial charge in [0.25, 0.3) is 0 Å². The molecule has 4 heteroatoms. The summed E-state index contributed by atoms with van der Waals surface area (Å²) in [6, 6.07) is 3.39. The van der Waals surface area contributed by atoms with E-state index in [4.69, 9.17) is 0 Å². The standard InChI is InChI=1S/C13H19F2NO/c1-12(2,13(3,4)17)16-8-9-5-10(14)7-11(15)6-9/h5-7,16-17H,8H2,1-4H3. The van der Waals surface area contributed by atoms with Gasteiger partial charge in [0.05, 0.1) is 5.60 Å². The molecule has 0 aliphatic heterocycles. The molecule has 2 N–H and O–H groups in total. The Kier molecular flexibility index (Phi) is 3.89. The SMILES string of the molecule is CC(C)(O)C(C)(C)NCc1cc(F)cc(F)c1. The molecule has 0 aliphatic carbocycles. The molecule has 1 aromatic carbocycles. The molecule has 2 nitrogen and oxygen atoms in total. The zero-order valence-electron chi connectivity index (χ0n) is 10.6. The third-order valence-corrected chi connectivity index (χ3v) is 3.19. The van der Waals surface area contributed by atoms with Crippen LogP contribution in [0.4, 0.5) is 8.78 Å². The fourth-order valence-corrected chi connectivity index (χ4v) is 1.25. The van der Waals surface area contributed by atoms with E-state index < -0.39 is 22.8 Å². The van der Waals surface area contributed by atoms with Gasteiger partial charge in [-0.2, -0.15) is 0 Å². The smallest absolute Gasteiger partial charge is 0.126 e. The summed E-state index contributed by atoms with van der Waals surface area (Å²) in [5.41, 5.74) is -0.978. The lowest BCUT2D eigenvalue weighted by molar-refractivity contribution is -0.00533. The molecular weight excluding hydrogens is 224 g/mol. The zero-order chi connectivity index (χ0) is 13.3. The van der Waals surface area contributed by atoms with Crippen LogP contribution in [0.2, 0.25) is 0 Å². The largest absolute Gasteiger partial charge is 0.389 e. The molecule has 96 valence electrons. The molecule has 0 aliphatic rings. The molecule has 0 spiro atoms. The van der Waals surface area contributed by atoms with Gasteiger partial charge < -0.3 is 10.4 Å². The minimum atomic E-state index is -0.932. The summed E-state index contributed by atoms with van der Waals surface area (Å²) in [5.74, 6) is -1.19. The summed E-state index contributed by atoms with van der Waals surface area (Å²) >= 11 is 0. The first-order valence-electron chi connectivity index (χ1n) is 5.54. The summed E-state index contributed by atoms with van der Waals surface area (Å²) < 4.78 is 25.9. The number of aliphatic hydroxyl groups is 1. The highest BCUT2D eigenvalue weighted by Crippen LogP contribution is 2.21. The monoisotopic (exact) mass is 243 g/mol. The first-order valence-corrected chi connectivity index (χ1v) is 5.54. The fourth-order valence-electron chi connectivity index (χ4n) is 1.25. The Morgan fingerprint density at radius 1 is 1.06 bits per heavy atom. The van der Waals surface area contributed by atoms with Gasteiger partial charge in [-0.25, -0.2) is 8.78 Å². The molecule has 0 saturated carbocycles. The fraction of sp³-hybridized carbons (Fsp3) is 0.538. The number of benzene rings is 1. The van der Waals surface area contributed by atoms with Gasteiger partial charge in [-0.05, 0) is 45.4 Å². The van der Waals surface area contributed by atoms with E-state index in [2.05, 4.69) is 5.32 Å². The van der Waals surface area contributed by atoms with Crippen molar-refractivity contribution in [2.75, 3.05) is 0 Å². The van der Waals surface area contributed by atoms with Crippen molar-refractivity contribution in [3.05, 3.63) is 35.4 Å². The number of nitrogens with one attached hydrogen (secondary N) is 1. The highest BCUT2D eigenvalue weighted by atomic mass is 19.1. The van der Waals surface area contributed by atoms with Crippen LogP contribution in [0.25, 0.3) is 0 Å². The van der Waals surface area contributed by atoms with Crippen molar-refractivity contribution in [3.63, 3.8) is 0 Å². The molecule has 0 saturated heterocycles. The third kappa shape index (κ3) is 3.75. The predicted octanol–water partition coefficient (Wildman–Crippen LogP) is 2.60. The molecule has 0 bridgehead atoms. The second-order valence-electron chi connectivity index (χ2n) is 5.32. The lowest BCUT2D eigenvalue weighted by Crippen LogP contribution is -2.55. The van der Waals surface area contributed by atoms with Crippen LogP contribution in [0.15, 0.2) is 18.2 Å². The average Bonchev–Trinajstić information content (AvgIpc) is 2.11.